The van der Waals surface area contributed by atoms with Gasteiger partial charge in [0.15, 0.2) is 0 Å². The first-order chi connectivity index (χ1) is 10.6. The van der Waals surface area contributed by atoms with E-state index in [0.717, 1.165) is 0 Å². The van der Waals surface area contributed by atoms with Gasteiger partial charge in [0.25, 0.3) is 0 Å². The lowest BCUT2D eigenvalue weighted by molar-refractivity contribution is -0.165. The summed E-state index contributed by atoms with van der Waals surface area (Å²) in [5.41, 5.74) is -0.611. The molecule has 0 aromatic carbocycles. The van der Waals surface area contributed by atoms with E-state index < -0.39 is 29.5 Å². The Bertz CT molecular complexity index is 564. The molecule has 0 N–H and O–H groups in total. The molecule has 2 bridgehead atoms. The second-order valence-electron chi connectivity index (χ2n) is 8.24. The van der Waals surface area contributed by atoms with E-state index in [1.807, 2.05) is 20.8 Å². The van der Waals surface area contributed by atoms with E-state index in [1.54, 1.807) is 20.8 Å². The van der Waals surface area contributed by atoms with E-state index in [4.69, 9.17) is 9.47 Å². The maximum Gasteiger partial charge on any atom is 0.311 e. The molecule has 3 rings (SSSR count). The third kappa shape index (κ3) is 2.22. The second kappa shape index (κ2) is 5.03. The van der Waals surface area contributed by atoms with Crippen molar-refractivity contribution in [2.24, 2.45) is 23.2 Å². The topological polar surface area (TPSA) is 72.9 Å². The Balaban J connectivity index is 1.85. The van der Waals surface area contributed by atoms with Crippen molar-refractivity contribution in [3.8, 4) is 0 Å². The largest absolute Gasteiger partial charge is 0.459 e. The SMILES string of the molecule is CC1C(OC(=O)C(C)(C)C)C2OC1C1C(=O)N(C(C)C)C(=O)C21. The zero-order valence-electron chi connectivity index (χ0n) is 14.5. The third-order valence-electron chi connectivity index (χ3n) is 5.19. The summed E-state index contributed by atoms with van der Waals surface area (Å²) < 4.78 is 11.6. The Morgan fingerprint density at radius 3 is 2.13 bits per heavy atom. The molecule has 3 aliphatic rings. The van der Waals surface area contributed by atoms with Gasteiger partial charge >= 0.3 is 5.97 Å². The minimum absolute atomic E-state index is 0.0867. The Hall–Kier alpha value is -1.43. The first-order valence-electron chi connectivity index (χ1n) is 8.29. The fourth-order valence-electron chi connectivity index (χ4n) is 3.98. The molecule has 0 aromatic rings. The van der Waals surface area contributed by atoms with E-state index in [1.165, 1.54) is 4.90 Å². The van der Waals surface area contributed by atoms with Crippen molar-refractivity contribution in [2.75, 3.05) is 0 Å². The fraction of sp³-hybridized carbons (Fsp3) is 0.824. The lowest BCUT2D eigenvalue weighted by Gasteiger charge is -2.31. The molecule has 6 atom stereocenters. The molecular weight excluding hydrogens is 298 g/mol. The van der Waals surface area contributed by atoms with Gasteiger partial charge in [-0.3, -0.25) is 19.3 Å². The number of ether oxygens (including phenoxy) is 2. The molecule has 6 nitrogen and oxygen atoms in total. The maximum atomic E-state index is 12.6. The molecule has 23 heavy (non-hydrogen) atoms. The Kier molecular flexibility index (Phi) is 3.59. The lowest BCUT2D eigenvalue weighted by atomic mass is 9.74. The lowest BCUT2D eigenvalue weighted by Crippen LogP contribution is -2.46. The highest BCUT2D eigenvalue weighted by Gasteiger charge is 2.69. The number of hydrogen-bond donors (Lipinski definition) is 0. The molecule has 128 valence electrons. The number of hydrogen-bond acceptors (Lipinski definition) is 5. The van der Waals surface area contributed by atoms with E-state index in [2.05, 4.69) is 0 Å². The average Bonchev–Trinajstić information content (AvgIpc) is 3.01. The number of esters is 1. The number of amides is 2. The summed E-state index contributed by atoms with van der Waals surface area (Å²) in [5.74, 6) is -1.66. The zero-order chi connectivity index (χ0) is 17.3. The normalized spacial score (nSPS) is 39.3. The van der Waals surface area contributed by atoms with Gasteiger partial charge in [-0.05, 0) is 34.6 Å². The van der Waals surface area contributed by atoms with Gasteiger partial charge < -0.3 is 9.47 Å². The summed E-state index contributed by atoms with van der Waals surface area (Å²) in [4.78, 5) is 38.8. The number of carbonyl (C=O) groups excluding carboxylic acids is 3. The number of fused-ring (bicyclic) bond motifs is 5. The number of nitrogens with zero attached hydrogens (tertiary/aromatic N) is 1. The molecule has 3 saturated heterocycles. The molecular formula is C17H25NO5. The van der Waals surface area contributed by atoms with Crippen LogP contribution < -0.4 is 0 Å². The van der Waals surface area contributed by atoms with Crippen molar-refractivity contribution in [1.82, 2.24) is 4.90 Å². The molecule has 3 heterocycles. The van der Waals surface area contributed by atoms with Crippen molar-refractivity contribution in [2.45, 2.75) is 65.9 Å². The quantitative estimate of drug-likeness (QED) is 0.567. The van der Waals surface area contributed by atoms with Crippen LogP contribution in [0.25, 0.3) is 0 Å². The van der Waals surface area contributed by atoms with E-state index in [0.29, 0.717) is 0 Å². The first-order valence-corrected chi connectivity index (χ1v) is 8.29. The number of likely N-dealkylation sites (tertiary alicyclic amines) is 1. The minimum atomic E-state index is -0.611. The van der Waals surface area contributed by atoms with Crippen molar-refractivity contribution in [1.29, 1.82) is 0 Å². The molecule has 6 unspecified atom stereocenters. The molecule has 0 spiro atoms. The van der Waals surface area contributed by atoms with Gasteiger partial charge in [0.1, 0.15) is 12.2 Å². The van der Waals surface area contributed by atoms with Crippen LogP contribution in [-0.4, -0.2) is 47.0 Å². The summed E-state index contributed by atoms with van der Waals surface area (Å²) in [6.07, 6.45) is -1.31. The summed E-state index contributed by atoms with van der Waals surface area (Å²) in [7, 11) is 0. The molecule has 0 radical (unpaired) electrons. The maximum absolute atomic E-state index is 12.6. The first kappa shape index (κ1) is 16.4. The Labute approximate surface area is 136 Å². The van der Waals surface area contributed by atoms with Crippen LogP contribution in [0.3, 0.4) is 0 Å². The molecule has 2 amide bonds. The number of rotatable bonds is 2. The predicted molar refractivity (Wildman–Crippen MR) is 81.1 cm³/mol. The highest BCUT2D eigenvalue weighted by atomic mass is 16.6. The van der Waals surface area contributed by atoms with Crippen LogP contribution in [0.1, 0.15) is 41.5 Å². The van der Waals surface area contributed by atoms with Crippen LogP contribution in [-0.2, 0) is 23.9 Å². The molecule has 3 fully saturated rings. The summed E-state index contributed by atoms with van der Waals surface area (Å²) in [6.45, 7) is 11.0. The van der Waals surface area contributed by atoms with Crippen LogP contribution in [0, 0.1) is 23.2 Å². The molecule has 3 aliphatic heterocycles. The van der Waals surface area contributed by atoms with Crippen LogP contribution in [0.2, 0.25) is 0 Å². The molecule has 0 aliphatic carbocycles. The molecule has 0 aromatic heterocycles. The minimum Gasteiger partial charge on any atom is -0.459 e. The Morgan fingerprint density at radius 2 is 1.65 bits per heavy atom. The highest BCUT2D eigenvalue weighted by molar-refractivity contribution is 6.06. The zero-order valence-corrected chi connectivity index (χ0v) is 14.5. The fourth-order valence-corrected chi connectivity index (χ4v) is 3.98. The molecule has 6 heteroatoms. The molecule has 0 saturated carbocycles. The van der Waals surface area contributed by atoms with Gasteiger partial charge in [-0.25, -0.2) is 0 Å². The third-order valence-corrected chi connectivity index (χ3v) is 5.19. The van der Waals surface area contributed by atoms with Crippen molar-refractivity contribution in [3.63, 3.8) is 0 Å². The van der Waals surface area contributed by atoms with Crippen LogP contribution in [0.5, 0.6) is 0 Å². The standard InChI is InChI=1S/C17H25NO5/c1-7(2)18-14(19)9-10(15(18)20)13-12(8(3)11(9)22-13)23-16(21)17(4,5)6/h7-13H,1-6H3. The van der Waals surface area contributed by atoms with Gasteiger partial charge in [0, 0.05) is 12.0 Å². The van der Waals surface area contributed by atoms with Gasteiger partial charge in [-0.15, -0.1) is 0 Å². The second-order valence-corrected chi connectivity index (χ2v) is 8.24. The van der Waals surface area contributed by atoms with E-state index in [9.17, 15) is 14.4 Å². The summed E-state index contributed by atoms with van der Waals surface area (Å²) in [6, 6.07) is -0.161. The van der Waals surface area contributed by atoms with Crippen LogP contribution in [0.4, 0.5) is 0 Å². The Morgan fingerprint density at radius 1 is 1.13 bits per heavy atom. The van der Waals surface area contributed by atoms with Crippen LogP contribution in [0.15, 0.2) is 0 Å². The van der Waals surface area contributed by atoms with Crippen LogP contribution >= 0.6 is 0 Å². The predicted octanol–water partition coefficient (Wildman–Crippen LogP) is 1.37. The number of carbonyl (C=O) groups is 3. The summed E-state index contributed by atoms with van der Waals surface area (Å²) >= 11 is 0. The van der Waals surface area contributed by atoms with Gasteiger partial charge in [-0.1, -0.05) is 6.92 Å². The van der Waals surface area contributed by atoms with Crippen molar-refractivity contribution in [3.05, 3.63) is 0 Å². The van der Waals surface area contributed by atoms with Gasteiger partial charge in [-0.2, -0.15) is 0 Å². The monoisotopic (exact) mass is 323 g/mol. The van der Waals surface area contributed by atoms with Crippen molar-refractivity contribution < 1.29 is 23.9 Å². The summed E-state index contributed by atoms with van der Waals surface area (Å²) in [5, 5.41) is 0. The average molecular weight is 323 g/mol. The van der Waals surface area contributed by atoms with E-state index in [-0.39, 0.29) is 35.8 Å². The van der Waals surface area contributed by atoms with E-state index >= 15 is 0 Å². The van der Waals surface area contributed by atoms with Gasteiger partial charge in [0.2, 0.25) is 11.8 Å². The van der Waals surface area contributed by atoms with Crippen molar-refractivity contribution >= 4 is 17.8 Å². The van der Waals surface area contributed by atoms with Gasteiger partial charge in [0.05, 0.1) is 23.4 Å². The highest BCUT2D eigenvalue weighted by Crippen LogP contribution is 2.52. The number of imide groups is 1. The smallest absolute Gasteiger partial charge is 0.311 e.